The van der Waals surface area contributed by atoms with E-state index in [1.165, 1.54) is 0 Å². The van der Waals surface area contributed by atoms with Gasteiger partial charge in [0.15, 0.2) is 0 Å². The van der Waals surface area contributed by atoms with Gasteiger partial charge in [0.05, 0.1) is 0 Å². The zero-order valence-electron chi connectivity index (χ0n) is 12.4. The van der Waals surface area contributed by atoms with Crippen LogP contribution < -0.4 is 10.6 Å². The number of hydrogen-bond donors (Lipinski definition) is 2. The van der Waals surface area contributed by atoms with Crippen LogP contribution in [0.2, 0.25) is 0 Å². The highest BCUT2D eigenvalue weighted by atomic mass is 16.1. The fourth-order valence-corrected chi connectivity index (χ4v) is 1.58. The second-order valence-electron chi connectivity index (χ2n) is 5.24. The molecule has 0 radical (unpaired) electrons. The average Bonchev–Trinajstić information content (AvgIpc) is 2.46. The quantitative estimate of drug-likeness (QED) is 0.434. The Morgan fingerprint density at radius 1 is 1.25 bits per heavy atom. The van der Waals surface area contributed by atoms with Crippen molar-refractivity contribution in [2.24, 2.45) is 0 Å². The Hall–Kier alpha value is -1.87. The van der Waals surface area contributed by atoms with Crippen molar-refractivity contribution in [2.75, 3.05) is 13.1 Å². The van der Waals surface area contributed by atoms with Crippen LogP contribution in [0.1, 0.15) is 25.8 Å². The molecule has 0 saturated heterocycles. The van der Waals surface area contributed by atoms with Crippen molar-refractivity contribution in [3.63, 3.8) is 0 Å². The molecule has 3 nitrogen and oxygen atoms in total. The van der Waals surface area contributed by atoms with Crippen molar-refractivity contribution >= 4 is 12.0 Å². The summed E-state index contributed by atoms with van der Waals surface area (Å²) in [5.74, 6) is -0.0585. The summed E-state index contributed by atoms with van der Waals surface area (Å²) in [5.41, 5.74) is 0.967. The Morgan fingerprint density at radius 2 is 1.95 bits per heavy atom. The number of nitrogens with one attached hydrogen (secondary N) is 2. The predicted molar refractivity (Wildman–Crippen MR) is 85.4 cm³/mol. The topological polar surface area (TPSA) is 41.1 Å². The Labute approximate surface area is 121 Å². The first kappa shape index (κ1) is 16.2. The molecule has 0 saturated carbocycles. The van der Waals surface area contributed by atoms with Crippen molar-refractivity contribution < 1.29 is 4.79 Å². The minimum atomic E-state index is -0.0585. The predicted octanol–water partition coefficient (Wildman–Crippen LogP) is 2.76. The lowest BCUT2D eigenvalue weighted by molar-refractivity contribution is -0.116. The number of carbonyl (C=O) groups excluding carboxylic acids is 1. The molecule has 0 aromatic heterocycles. The number of hydrogen-bond acceptors (Lipinski definition) is 2. The maximum absolute atomic E-state index is 11.6. The molecule has 0 aliphatic carbocycles. The lowest BCUT2D eigenvalue weighted by atomic mass is 10.1. The Balaban J connectivity index is 2.18. The second kappa shape index (κ2) is 8.33. The summed E-state index contributed by atoms with van der Waals surface area (Å²) in [4.78, 5) is 11.6. The van der Waals surface area contributed by atoms with E-state index < -0.39 is 0 Å². The molecule has 1 amide bonds. The second-order valence-corrected chi connectivity index (χ2v) is 5.24. The smallest absolute Gasteiger partial charge is 0.243 e. The molecule has 0 aliphatic heterocycles. The molecule has 20 heavy (non-hydrogen) atoms. The summed E-state index contributed by atoms with van der Waals surface area (Å²) >= 11 is 0. The molecule has 0 atom stereocenters. The summed E-state index contributed by atoms with van der Waals surface area (Å²) < 4.78 is 0. The van der Waals surface area contributed by atoms with Crippen LogP contribution in [0.3, 0.4) is 0 Å². The molecule has 0 fully saturated rings. The molecule has 1 rings (SSSR count). The third-order valence-corrected chi connectivity index (χ3v) is 2.97. The van der Waals surface area contributed by atoms with E-state index in [4.69, 9.17) is 0 Å². The third-order valence-electron chi connectivity index (χ3n) is 2.97. The summed E-state index contributed by atoms with van der Waals surface area (Å²) in [6, 6.07) is 9.78. The van der Waals surface area contributed by atoms with Crippen LogP contribution in [-0.4, -0.2) is 24.5 Å². The highest BCUT2D eigenvalue weighted by molar-refractivity contribution is 5.91. The number of amides is 1. The van der Waals surface area contributed by atoms with Crippen LogP contribution in [0, 0.1) is 0 Å². The number of carbonyl (C=O) groups is 1. The lowest BCUT2D eigenvalue weighted by Gasteiger charge is -2.21. The van der Waals surface area contributed by atoms with Crippen LogP contribution in [0.15, 0.2) is 49.1 Å². The summed E-state index contributed by atoms with van der Waals surface area (Å²) in [7, 11) is 0. The van der Waals surface area contributed by atoms with E-state index in [0.29, 0.717) is 6.54 Å². The van der Waals surface area contributed by atoms with E-state index in [9.17, 15) is 4.79 Å². The van der Waals surface area contributed by atoms with Crippen molar-refractivity contribution in [1.29, 1.82) is 0 Å². The molecule has 1 aromatic carbocycles. The molecule has 0 unspecified atom stereocenters. The van der Waals surface area contributed by atoms with Gasteiger partial charge in [-0.2, -0.15) is 0 Å². The van der Waals surface area contributed by atoms with Gasteiger partial charge in [0, 0.05) is 18.2 Å². The molecule has 0 bridgehead atoms. The zero-order chi connectivity index (χ0) is 14.8. The fourth-order valence-electron chi connectivity index (χ4n) is 1.58. The molecule has 1 aromatic rings. The molecular weight excluding hydrogens is 248 g/mol. The van der Waals surface area contributed by atoms with E-state index in [1.807, 2.05) is 42.5 Å². The third kappa shape index (κ3) is 6.90. The van der Waals surface area contributed by atoms with Gasteiger partial charge in [-0.25, -0.2) is 0 Å². The standard InChI is InChI=1S/C17H24N2O/c1-4-17(2,3)19-14-8-13-18-16(20)12-11-15-9-6-5-7-10-15/h4-7,9-12,19H,1,8,13-14H2,2-3H3,(H,18,20). The highest BCUT2D eigenvalue weighted by Crippen LogP contribution is 2.02. The number of benzene rings is 1. The van der Waals surface area contributed by atoms with Gasteiger partial charge < -0.3 is 10.6 Å². The van der Waals surface area contributed by atoms with Gasteiger partial charge in [0.2, 0.25) is 5.91 Å². The van der Waals surface area contributed by atoms with Crippen molar-refractivity contribution in [2.45, 2.75) is 25.8 Å². The van der Waals surface area contributed by atoms with Gasteiger partial charge in [-0.05, 0) is 38.5 Å². The summed E-state index contributed by atoms with van der Waals surface area (Å²) in [6.07, 6.45) is 6.15. The van der Waals surface area contributed by atoms with E-state index in [2.05, 4.69) is 31.1 Å². The van der Waals surface area contributed by atoms with Crippen LogP contribution in [-0.2, 0) is 4.79 Å². The van der Waals surface area contributed by atoms with Gasteiger partial charge in [-0.1, -0.05) is 36.4 Å². The van der Waals surface area contributed by atoms with E-state index in [-0.39, 0.29) is 11.4 Å². The first-order valence-electron chi connectivity index (χ1n) is 6.93. The van der Waals surface area contributed by atoms with Crippen molar-refractivity contribution in [3.8, 4) is 0 Å². The van der Waals surface area contributed by atoms with Crippen molar-refractivity contribution in [1.82, 2.24) is 10.6 Å². The molecule has 2 N–H and O–H groups in total. The normalized spacial score (nSPS) is 11.5. The average molecular weight is 272 g/mol. The van der Waals surface area contributed by atoms with Crippen LogP contribution in [0.25, 0.3) is 6.08 Å². The van der Waals surface area contributed by atoms with Gasteiger partial charge in [0.1, 0.15) is 0 Å². The first-order chi connectivity index (χ1) is 9.53. The number of rotatable bonds is 8. The maximum Gasteiger partial charge on any atom is 0.243 e. The van der Waals surface area contributed by atoms with E-state index >= 15 is 0 Å². The molecule has 0 aliphatic rings. The molecule has 0 heterocycles. The Morgan fingerprint density at radius 3 is 2.60 bits per heavy atom. The van der Waals surface area contributed by atoms with Crippen LogP contribution in [0.5, 0.6) is 0 Å². The van der Waals surface area contributed by atoms with Gasteiger partial charge in [-0.3, -0.25) is 4.79 Å². The van der Waals surface area contributed by atoms with Crippen molar-refractivity contribution in [3.05, 3.63) is 54.6 Å². The highest BCUT2D eigenvalue weighted by Gasteiger charge is 2.09. The molecule has 108 valence electrons. The van der Waals surface area contributed by atoms with Gasteiger partial charge in [0.25, 0.3) is 0 Å². The monoisotopic (exact) mass is 272 g/mol. The largest absolute Gasteiger partial charge is 0.353 e. The Bertz CT molecular complexity index is 449. The minimum absolute atomic E-state index is 0.0583. The SMILES string of the molecule is C=CC(C)(C)NCCCNC(=O)C=Cc1ccccc1. The molecular formula is C17H24N2O. The van der Waals surface area contributed by atoms with E-state index in [1.54, 1.807) is 6.08 Å². The van der Waals surface area contributed by atoms with Gasteiger partial charge >= 0.3 is 0 Å². The maximum atomic E-state index is 11.6. The fraction of sp³-hybridized carbons (Fsp3) is 0.353. The first-order valence-corrected chi connectivity index (χ1v) is 6.93. The lowest BCUT2D eigenvalue weighted by Crippen LogP contribution is -2.38. The summed E-state index contributed by atoms with van der Waals surface area (Å²) in [5, 5.41) is 6.22. The van der Waals surface area contributed by atoms with Crippen LogP contribution >= 0.6 is 0 Å². The zero-order valence-corrected chi connectivity index (χ0v) is 12.4. The summed E-state index contributed by atoms with van der Waals surface area (Å²) in [6.45, 7) is 9.43. The van der Waals surface area contributed by atoms with E-state index in [0.717, 1.165) is 18.5 Å². The molecule has 3 heteroatoms. The Kier molecular flexibility index (Phi) is 6.74. The molecule has 0 spiro atoms. The minimum Gasteiger partial charge on any atom is -0.353 e. The van der Waals surface area contributed by atoms with Gasteiger partial charge in [-0.15, -0.1) is 6.58 Å². The van der Waals surface area contributed by atoms with Crippen LogP contribution in [0.4, 0.5) is 0 Å².